The molecular formula is C22H27N5O3. The van der Waals surface area contributed by atoms with Gasteiger partial charge in [0.1, 0.15) is 18.1 Å². The molecule has 0 amide bonds. The van der Waals surface area contributed by atoms with E-state index in [4.69, 9.17) is 14.2 Å². The van der Waals surface area contributed by atoms with E-state index in [1.54, 1.807) is 18.7 Å². The van der Waals surface area contributed by atoms with E-state index in [0.717, 1.165) is 66.4 Å². The van der Waals surface area contributed by atoms with Gasteiger partial charge in [-0.25, -0.2) is 4.98 Å². The molecule has 0 radical (unpaired) electrons. The molecule has 0 bridgehead atoms. The first-order valence-corrected chi connectivity index (χ1v) is 10.4. The summed E-state index contributed by atoms with van der Waals surface area (Å²) >= 11 is 0. The van der Waals surface area contributed by atoms with Gasteiger partial charge in [-0.1, -0.05) is 0 Å². The van der Waals surface area contributed by atoms with Crippen molar-refractivity contribution in [2.45, 2.75) is 32.5 Å². The lowest BCUT2D eigenvalue weighted by molar-refractivity contribution is 0.122. The number of aromatic nitrogens is 3. The van der Waals surface area contributed by atoms with E-state index >= 15 is 0 Å². The van der Waals surface area contributed by atoms with Crippen LogP contribution in [0.15, 0.2) is 30.9 Å². The summed E-state index contributed by atoms with van der Waals surface area (Å²) in [5, 5.41) is 3.47. The van der Waals surface area contributed by atoms with Gasteiger partial charge >= 0.3 is 0 Å². The Labute approximate surface area is 175 Å². The van der Waals surface area contributed by atoms with Crippen LogP contribution < -0.4 is 15.0 Å². The molecule has 4 heterocycles. The Balaban J connectivity index is 1.31. The minimum atomic E-state index is -0.172. The fourth-order valence-electron chi connectivity index (χ4n) is 4.16. The first-order chi connectivity index (χ1) is 14.6. The molecule has 1 fully saturated rings. The van der Waals surface area contributed by atoms with Gasteiger partial charge in [0.05, 0.1) is 54.8 Å². The van der Waals surface area contributed by atoms with Crippen LogP contribution in [0.4, 0.5) is 11.4 Å². The lowest BCUT2D eigenvalue weighted by atomic mass is 10.0. The van der Waals surface area contributed by atoms with Crippen molar-refractivity contribution in [3.8, 4) is 5.75 Å². The average Bonchev–Trinajstić information content (AvgIpc) is 3.34. The zero-order valence-electron chi connectivity index (χ0n) is 17.4. The van der Waals surface area contributed by atoms with Crippen LogP contribution in [0.3, 0.4) is 0 Å². The van der Waals surface area contributed by atoms with Crippen molar-refractivity contribution in [2.24, 2.45) is 0 Å². The number of nitrogens with zero attached hydrogens (tertiary/aromatic N) is 3. The maximum Gasteiger partial charge on any atom is 0.125 e. The highest BCUT2D eigenvalue weighted by molar-refractivity contribution is 5.77. The molecule has 2 aromatic heterocycles. The van der Waals surface area contributed by atoms with E-state index < -0.39 is 0 Å². The van der Waals surface area contributed by atoms with E-state index in [9.17, 15) is 0 Å². The summed E-state index contributed by atoms with van der Waals surface area (Å²) in [4.78, 5) is 14.0. The third-order valence-corrected chi connectivity index (χ3v) is 5.56. The molecule has 8 nitrogen and oxygen atoms in total. The number of hydrogen-bond acceptors (Lipinski definition) is 7. The molecule has 1 aromatic carbocycles. The van der Waals surface area contributed by atoms with Crippen LogP contribution in [0.2, 0.25) is 0 Å². The van der Waals surface area contributed by atoms with Gasteiger partial charge in [-0.05, 0) is 19.9 Å². The number of ether oxygens (including phenoxy) is 3. The lowest BCUT2D eigenvalue weighted by Gasteiger charge is -2.31. The summed E-state index contributed by atoms with van der Waals surface area (Å²) in [6.45, 7) is 8.29. The standard InChI is InChI=1S/C22H27N5O3/c1-22(2)9-15-7-17(19(8-20(15)30-22)27-3-5-28-6-4-27)26-14-29-12-16-10-23-11-18-21(16)25-13-24-18/h7-8,10-11,13,26H,3-6,9,12,14H2,1-2H3,(H,24,25). The van der Waals surface area contributed by atoms with Crippen molar-refractivity contribution in [1.29, 1.82) is 0 Å². The van der Waals surface area contributed by atoms with Crippen molar-refractivity contribution < 1.29 is 14.2 Å². The molecule has 2 aliphatic heterocycles. The topological polar surface area (TPSA) is 84.5 Å². The second kappa shape index (κ2) is 7.77. The van der Waals surface area contributed by atoms with Crippen LogP contribution in [0.5, 0.6) is 5.75 Å². The third kappa shape index (κ3) is 3.80. The molecular weight excluding hydrogens is 382 g/mol. The van der Waals surface area contributed by atoms with Gasteiger partial charge in [-0.2, -0.15) is 0 Å². The molecule has 0 unspecified atom stereocenters. The zero-order chi connectivity index (χ0) is 20.6. The van der Waals surface area contributed by atoms with Crippen molar-refractivity contribution in [3.63, 3.8) is 0 Å². The highest BCUT2D eigenvalue weighted by atomic mass is 16.5. The predicted molar refractivity (Wildman–Crippen MR) is 115 cm³/mol. The smallest absolute Gasteiger partial charge is 0.125 e. The van der Waals surface area contributed by atoms with Crippen LogP contribution in [-0.4, -0.2) is 53.6 Å². The molecule has 0 spiro atoms. The van der Waals surface area contributed by atoms with Crippen LogP contribution in [0, 0.1) is 0 Å². The normalized spacial score (nSPS) is 17.7. The van der Waals surface area contributed by atoms with E-state index in [0.29, 0.717) is 13.3 Å². The Morgan fingerprint density at radius 1 is 1.23 bits per heavy atom. The van der Waals surface area contributed by atoms with Crippen molar-refractivity contribution in [3.05, 3.63) is 42.0 Å². The highest BCUT2D eigenvalue weighted by Crippen LogP contribution is 2.41. The number of anilines is 2. The average molecular weight is 409 g/mol. The van der Waals surface area contributed by atoms with E-state index in [2.05, 4.69) is 51.1 Å². The number of pyridine rings is 1. The summed E-state index contributed by atoms with van der Waals surface area (Å²) in [5.41, 5.74) is 6.03. The van der Waals surface area contributed by atoms with E-state index in [1.807, 2.05) is 0 Å². The molecule has 0 saturated carbocycles. The largest absolute Gasteiger partial charge is 0.487 e. The van der Waals surface area contributed by atoms with Crippen molar-refractivity contribution >= 4 is 22.4 Å². The predicted octanol–water partition coefficient (Wildman–Crippen LogP) is 3.09. The number of benzene rings is 1. The number of nitrogens with one attached hydrogen (secondary N) is 2. The summed E-state index contributed by atoms with van der Waals surface area (Å²) in [6, 6.07) is 4.36. The van der Waals surface area contributed by atoms with Crippen LogP contribution >= 0.6 is 0 Å². The second-order valence-electron chi connectivity index (χ2n) is 8.38. The molecule has 30 heavy (non-hydrogen) atoms. The Bertz CT molecular complexity index is 1040. The molecule has 5 rings (SSSR count). The maximum atomic E-state index is 6.16. The monoisotopic (exact) mass is 409 g/mol. The Morgan fingerprint density at radius 2 is 2.10 bits per heavy atom. The van der Waals surface area contributed by atoms with E-state index in [1.165, 1.54) is 5.56 Å². The molecule has 158 valence electrons. The zero-order valence-corrected chi connectivity index (χ0v) is 17.4. The summed E-state index contributed by atoms with van der Waals surface area (Å²) in [7, 11) is 0. The highest BCUT2D eigenvalue weighted by Gasteiger charge is 2.31. The fraction of sp³-hybridized carbons (Fsp3) is 0.455. The molecule has 2 aliphatic rings. The van der Waals surface area contributed by atoms with Gasteiger partial charge in [0.25, 0.3) is 0 Å². The number of H-pyrrole nitrogens is 1. The SMILES string of the molecule is CC1(C)Cc2cc(NCOCc3cncc4[nH]cnc34)c(N3CCOCC3)cc2O1. The number of imidazole rings is 1. The van der Waals surface area contributed by atoms with Crippen LogP contribution in [0.1, 0.15) is 25.0 Å². The number of rotatable bonds is 6. The second-order valence-corrected chi connectivity index (χ2v) is 8.38. The Kier molecular flexibility index (Phi) is 4.96. The first kappa shape index (κ1) is 19.1. The molecule has 1 saturated heterocycles. The first-order valence-electron chi connectivity index (χ1n) is 10.4. The minimum absolute atomic E-state index is 0.172. The van der Waals surface area contributed by atoms with E-state index in [-0.39, 0.29) is 5.60 Å². The number of hydrogen-bond donors (Lipinski definition) is 2. The lowest BCUT2D eigenvalue weighted by Crippen LogP contribution is -2.36. The fourth-order valence-corrected chi connectivity index (χ4v) is 4.16. The number of fused-ring (bicyclic) bond motifs is 2. The Morgan fingerprint density at radius 3 is 2.97 bits per heavy atom. The van der Waals surface area contributed by atoms with Gasteiger partial charge < -0.3 is 29.4 Å². The van der Waals surface area contributed by atoms with Crippen LogP contribution in [-0.2, 0) is 22.5 Å². The minimum Gasteiger partial charge on any atom is -0.487 e. The summed E-state index contributed by atoms with van der Waals surface area (Å²) in [6.07, 6.45) is 6.15. The summed E-state index contributed by atoms with van der Waals surface area (Å²) in [5.74, 6) is 0.976. The van der Waals surface area contributed by atoms with Crippen molar-refractivity contribution in [1.82, 2.24) is 15.0 Å². The molecule has 3 aromatic rings. The van der Waals surface area contributed by atoms with Gasteiger partial charge in [0.2, 0.25) is 0 Å². The number of morpholine rings is 1. The molecule has 2 N–H and O–H groups in total. The van der Waals surface area contributed by atoms with Crippen molar-refractivity contribution in [2.75, 3.05) is 43.3 Å². The van der Waals surface area contributed by atoms with Gasteiger partial charge in [-0.3, -0.25) is 4.98 Å². The maximum absolute atomic E-state index is 6.16. The van der Waals surface area contributed by atoms with Gasteiger partial charge in [0, 0.05) is 42.9 Å². The van der Waals surface area contributed by atoms with Gasteiger partial charge in [-0.15, -0.1) is 0 Å². The quantitative estimate of drug-likeness (QED) is 0.478. The third-order valence-electron chi connectivity index (χ3n) is 5.56. The summed E-state index contributed by atoms with van der Waals surface area (Å²) < 4.78 is 17.6. The molecule has 8 heteroatoms. The number of aromatic amines is 1. The molecule has 0 aliphatic carbocycles. The Hall–Kier alpha value is -2.84. The van der Waals surface area contributed by atoms with Crippen LogP contribution in [0.25, 0.3) is 11.0 Å². The molecule has 0 atom stereocenters. The van der Waals surface area contributed by atoms with Gasteiger partial charge in [0.15, 0.2) is 0 Å².